The molecule has 0 aliphatic carbocycles. The first-order chi connectivity index (χ1) is 13.6. The van der Waals surface area contributed by atoms with Gasteiger partial charge in [-0.15, -0.1) is 11.3 Å². The summed E-state index contributed by atoms with van der Waals surface area (Å²) < 4.78 is 0. The van der Waals surface area contributed by atoms with Crippen molar-refractivity contribution in [3.8, 4) is 34.1 Å². The van der Waals surface area contributed by atoms with Crippen molar-refractivity contribution < 1.29 is 5.11 Å². The standard InChI is InChI=1S/C20H16N6OS/c21-9-12-5-13(7-14(6-12)26-3-1-15(27)11-26)18-8-17(23)16(10-22)19(25-18)20-24-2-4-28-20/h2,4-8,15,27H,1,3,11H2,(H2,23,25)/t15-/m1/s1. The lowest BCUT2D eigenvalue weighted by atomic mass is 10.0. The van der Waals surface area contributed by atoms with E-state index in [1.807, 2.05) is 16.3 Å². The van der Waals surface area contributed by atoms with Crippen molar-refractivity contribution in [3.63, 3.8) is 0 Å². The molecular weight excluding hydrogens is 372 g/mol. The molecule has 0 spiro atoms. The fraction of sp³-hybridized carbons (Fsp3) is 0.200. The molecule has 28 heavy (non-hydrogen) atoms. The van der Waals surface area contributed by atoms with Gasteiger partial charge in [0.1, 0.15) is 22.3 Å². The van der Waals surface area contributed by atoms with Gasteiger partial charge >= 0.3 is 0 Å². The maximum Gasteiger partial charge on any atom is 0.143 e. The normalized spacial score (nSPS) is 16.0. The van der Waals surface area contributed by atoms with Gasteiger partial charge in [-0.05, 0) is 30.7 Å². The molecule has 0 radical (unpaired) electrons. The number of anilines is 2. The molecule has 0 saturated carbocycles. The van der Waals surface area contributed by atoms with Crippen LogP contribution in [0, 0.1) is 22.7 Å². The van der Waals surface area contributed by atoms with E-state index in [1.165, 1.54) is 11.3 Å². The van der Waals surface area contributed by atoms with E-state index in [2.05, 4.69) is 22.1 Å². The van der Waals surface area contributed by atoms with Gasteiger partial charge < -0.3 is 15.7 Å². The molecule has 0 bridgehead atoms. The van der Waals surface area contributed by atoms with Crippen LogP contribution in [0.5, 0.6) is 0 Å². The van der Waals surface area contributed by atoms with Crippen LogP contribution in [0.2, 0.25) is 0 Å². The third-order valence-corrected chi connectivity index (χ3v) is 5.45. The predicted octanol–water partition coefficient (Wildman–Crippen LogP) is 2.77. The number of pyridine rings is 1. The van der Waals surface area contributed by atoms with Crippen LogP contribution < -0.4 is 10.6 Å². The Labute approximate surface area is 165 Å². The van der Waals surface area contributed by atoms with Gasteiger partial charge in [0.25, 0.3) is 0 Å². The van der Waals surface area contributed by atoms with E-state index in [1.54, 1.807) is 24.4 Å². The van der Waals surface area contributed by atoms with Gasteiger partial charge in [0.05, 0.1) is 29.1 Å². The number of nitrogens with zero attached hydrogens (tertiary/aromatic N) is 5. The minimum absolute atomic E-state index is 0.290. The Morgan fingerprint density at radius 3 is 2.71 bits per heavy atom. The first kappa shape index (κ1) is 17.9. The highest BCUT2D eigenvalue weighted by atomic mass is 32.1. The van der Waals surface area contributed by atoms with E-state index >= 15 is 0 Å². The van der Waals surface area contributed by atoms with Crippen LogP contribution in [0.25, 0.3) is 22.0 Å². The Balaban J connectivity index is 1.85. The molecule has 0 unspecified atom stereocenters. The number of rotatable bonds is 3. The number of hydrogen-bond acceptors (Lipinski definition) is 8. The van der Waals surface area contributed by atoms with Crippen LogP contribution in [0.3, 0.4) is 0 Å². The van der Waals surface area contributed by atoms with Gasteiger partial charge in [-0.1, -0.05) is 0 Å². The Morgan fingerprint density at radius 1 is 1.21 bits per heavy atom. The topological polar surface area (TPSA) is 123 Å². The maximum atomic E-state index is 9.84. The zero-order valence-electron chi connectivity index (χ0n) is 14.8. The van der Waals surface area contributed by atoms with Crippen molar-refractivity contribution >= 4 is 22.7 Å². The SMILES string of the molecule is N#Cc1cc(-c2cc(N)c(C#N)c(-c3nccs3)n2)cc(N2CC[C@@H](O)C2)c1. The van der Waals surface area contributed by atoms with Crippen molar-refractivity contribution in [2.75, 3.05) is 23.7 Å². The number of aromatic nitrogens is 2. The molecule has 0 amide bonds. The molecule has 4 rings (SSSR count). The lowest BCUT2D eigenvalue weighted by Crippen LogP contribution is -2.21. The van der Waals surface area contributed by atoms with Gasteiger partial charge in [0, 0.05) is 35.9 Å². The van der Waals surface area contributed by atoms with Crippen molar-refractivity contribution in [2.24, 2.45) is 0 Å². The fourth-order valence-corrected chi connectivity index (χ4v) is 3.94. The van der Waals surface area contributed by atoms with Crippen molar-refractivity contribution in [1.29, 1.82) is 10.5 Å². The molecule has 1 aliphatic heterocycles. The fourth-order valence-electron chi connectivity index (χ4n) is 3.31. The van der Waals surface area contributed by atoms with E-state index < -0.39 is 0 Å². The number of aliphatic hydroxyl groups is 1. The molecule has 7 nitrogen and oxygen atoms in total. The summed E-state index contributed by atoms with van der Waals surface area (Å²) in [4.78, 5) is 10.9. The van der Waals surface area contributed by atoms with Gasteiger partial charge in [0.2, 0.25) is 0 Å². The van der Waals surface area contributed by atoms with Gasteiger partial charge in [0.15, 0.2) is 0 Å². The minimum Gasteiger partial charge on any atom is -0.398 e. The highest BCUT2D eigenvalue weighted by molar-refractivity contribution is 7.13. The Morgan fingerprint density at radius 2 is 2.07 bits per heavy atom. The summed E-state index contributed by atoms with van der Waals surface area (Å²) in [7, 11) is 0. The van der Waals surface area contributed by atoms with Crippen LogP contribution in [0.4, 0.5) is 11.4 Å². The highest BCUT2D eigenvalue weighted by Crippen LogP contribution is 2.33. The summed E-state index contributed by atoms with van der Waals surface area (Å²) in [5, 5.41) is 31.2. The van der Waals surface area contributed by atoms with E-state index in [0.717, 1.165) is 17.8 Å². The molecule has 1 saturated heterocycles. The third-order valence-electron chi connectivity index (χ3n) is 4.67. The zero-order valence-corrected chi connectivity index (χ0v) is 15.6. The van der Waals surface area contributed by atoms with Crippen LogP contribution in [-0.4, -0.2) is 34.3 Å². The van der Waals surface area contributed by atoms with E-state index in [9.17, 15) is 15.6 Å². The second kappa shape index (κ2) is 7.28. The second-order valence-corrected chi connectivity index (χ2v) is 7.43. The quantitative estimate of drug-likeness (QED) is 0.707. The molecule has 3 heterocycles. The Kier molecular flexibility index (Phi) is 4.66. The van der Waals surface area contributed by atoms with E-state index in [4.69, 9.17) is 5.73 Å². The molecule has 1 aliphatic rings. The summed E-state index contributed by atoms with van der Waals surface area (Å²) in [6.45, 7) is 1.25. The number of hydrogen-bond donors (Lipinski definition) is 2. The average molecular weight is 388 g/mol. The summed E-state index contributed by atoms with van der Waals surface area (Å²) in [5.41, 5.74) is 9.82. The molecule has 3 aromatic rings. The molecule has 3 N–H and O–H groups in total. The lowest BCUT2D eigenvalue weighted by Gasteiger charge is -2.19. The van der Waals surface area contributed by atoms with Crippen LogP contribution in [0.15, 0.2) is 35.8 Å². The molecule has 1 fully saturated rings. The number of nitriles is 2. The first-order valence-corrected chi connectivity index (χ1v) is 9.56. The number of β-amino-alcohol motifs (C(OH)–C–C–N with tert-alkyl or cyclic N) is 1. The monoisotopic (exact) mass is 388 g/mol. The Hall–Kier alpha value is -3.46. The van der Waals surface area contributed by atoms with E-state index in [-0.39, 0.29) is 11.7 Å². The zero-order chi connectivity index (χ0) is 19.7. The third kappa shape index (κ3) is 3.27. The van der Waals surface area contributed by atoms with E-state index in [0.29, 0.717) is 40.6 Å². The number of nitrogen functional groups attached to an aromatic ring is 1. The van der Waals surface area contributed by atoms with Gasteiger partial charge in [-0.25, -0.2) is 9.97 Å². The number of aliphatic hydroxyl groups excluding tert-OH is 1. The van der Waals surface area contributed by atoms with Crippen molar-refractivity contribution in [2.45, 2.75) is 12.5 Å². The molecule has 8 heteroatoms. The van der Waals surface area contributed by atoms with Crippen LogP contribution in [0.1, 0.15) is 17.5 Å². The molecule has 138 valence electrons. The van der Waals surface area contributed by atoms with Crippen molar-refractivity contribution in [3.05, 3.63) is 47.0 Å². The number of nitrogens with two attached hydrogens (primary N) is 1. The molecule has 1 aromatic carbocycles. The van der Waals surface area contributed by atoms with Crippen molar-refractivity contribution in [1.82, 2.24) is 9.97 Å². The smallest absolute Gasteiger partial charge is 0.143 e. The Bertz CT molecular complexity index is 1110. The predicted molar refractivity (Wildman–Crippen MR) is 107 cm³/mol. The van der Waals surface area contributed by atoms with Gasteiger partial charge in [-0.3, -0.25) is 0 Å². The lowest BCUT2D eigenvalue weighted by molar-refractivity contribution is 0.198. The summed E-state index contributed by atoms with van der Waals surface area (Å²) in [6.07, 6.45) is 1.98. The molecular formula is C20H16N6OS. The number of benzene rings is 1. The first-order valence-electron chi connectivity index (χ1n) is 8.68. The number of thiazole rings is 1. The average Bonchev–Trinajstić information content (AvgIpc) is 3.39. The second-order valence-electron chi connectivity index (χ2n) is 6.54. The largest absolute Gasteiger partial charge is 0.398 e. The molecule has 1 atom stereocenters. The summed E-state index contributed by atoms with van der Waals surface area (Å²) >= 11 is 1.38. The minimum atomic E-state index is -0.366. The molecule has 2 aromatic heterocycles. The van der Waals surface area contributed by atoms with Crippen LogP contribution >= 0.6 is 11.3 Å². The summed E-state index contributed by atoms with van der Waals surface area (Å²) in [5.74, 6) is 0. The maximum absolute atomic E-state index is 9.84. The summed E-state index contributed by atoms with van der Waals surface area (Å²) in [6, 6.07) is 11.4. The highest BCUT2D eigenvalue weighted by Gasteiger charge is 2.22. The van der Waals surface area contributed by atoms with Crippen LogP contribution in [-0.2, 0) is 0 Å². The van der Waals surface area contributed by atoms with Gasteiger partial charge in [-0.2, -0.15) is 10.5 Å².